The molecule has 2 rings (SSSR count). The first-order valence-electron chi connectivity index (χ1n) is 6.50. The van der Waals surface area contributed by atoms with Crippen molar-refractivity contribution >= 4 is 0 Å². The van der Waals surface area contributed by atoms with Crippen LogP contribution in [0.1, 0.15) is 45.1 Å². The largest absolute Gasteiger partial charge is 0.385 e. The van der Waals surface area contributed by atoms with Crippen LogP contribution < -0.4 is 0 Å². The second-order valence-electron chi connectivity index (χ2n) is 5.64. The summed E-state index contributed by atoms with van der Waals surface area (Å²) in [5.41, 5.74) is -0.0854. The predicted molar refractivity (Wildman–Crippen MR) is 67.1 cm³/mol. The van der Waals surface area contributed by atoms with E-state index in [1.54, 1.807) is 6.07 Å². The molecule has 0 bridgehead atoms. The smallest absolute Gasteiger partial charge is 0.123 e. The van der Waals surface area contributed by atoms with Gasteiger partial charge in [-0.05, 0) is 55.2 Å². The van der Waals surface area contributed by atoms with Gasteiger partial charge in [-0.2, -0.15) is 0 Å². The third kappa shape index (κ3) is 2.68. The van der Waals surface area contributed by atoms with E-state index in [-0.39, 0.29) is 5.82 Å². The molecule has 2 atom stereocenters. The molecule has 2 unspecified atom stereocenters. The molecule has 1 nitrogen and oxygen atoms in total. The molecule has 0 aromatic heterocycles. The highest BCUT2D eigenvalue weighted by Gasteiger charge is 2.36. The lowest BCUT2D eigenvalue weighted by Gasteiger charge is -2.39. The van der Waals surface area contributed by atoms with Crippen molar-refractivity contribution in [2.45, 2.75) is 45.1 Å². The van der Waals surface area contributed by atoms with Crippen molar-refractivity contribution in [1.29, 1.82) is 0 Å². The van der Waals surface area contributed by atoms with Gasteiger partial charge in [-0.1, -0.05) is 26.0 Å². The highest BCUT2D eigenvalue weighted by atomic mass is 19.1. The van der Waals surface area contributed by atoms with Crippen LogP contribution in [0.5, 0.6) is 0 Å². The summed E-state index contributed by atoms with van der Waals surface area (Å²) in [4.78, 5) is 0. The summed E-state index contributed by atoms with van der Waals surface area (Å²) in [6.07, 6.45) is 3.71. The van der Waals surface area contributed by atoms with E-state index in [0.717, 1.165) is 24.8 Å². The number of hydrogen-bond acceptors (Lipinski definition) is 1. The molecule has 1 saturated carbocycles. The summed E-state index contributed by atoms with van der Waals surface area (Å²) in [7, 11) is 0. The Labute approximate surface area is 103 Å². The van der Waals surface area contributed by atoms with Gasteiger partial charge in [0.25, 0.3) is 0 Å². The summed E-state index contributed by atoms with van der Waals surface area (Å²) < 4.78 is 13.2. The van der Waals surface area contributed by atoms with Gasteiger partial charge in [-0.15, -0.1) is 0 Å². The minimum atomic E-state index is -0.824. The van der Waals surface area contributed by atoms with Crippen LogP contribution in [-0.4, -0.2) is 5.11 Å². The molecule has 0 heterocycles. The molecule has 94 valence electrons. The topological polar surface area (TPSA) is 20.2 Å². The maximum atomic E-state index is 13.2. The molecular formula is C15H21FO. The second kappa shape index (κ2) is 4.77. The zero-order valence-electron chi connectivity index (χ0n) is 10.6. The van der Waals surface area contributed by atoms with Gasteiger partial charge in [0, 0.05) is 0 Å². The van der Waals surface area contributed by atoms with Crippen molar-refractivity contribution in [3.63, 3.8) is 0 Å². The SMILES string of the molecule is CC(C)C1CCCC(O)(c2cccc(F)c2)C1. The van der Waals surface area contributed by atoms with Gasteiger partial charge in [-0.25, -0.2) is 4.39 Å². The third-order valence-electron chi connectivity index (χ3n) is 4.07. The van der Waals surface area contributed by atoms with Gasteiger partial charge in [0.2, 0.25) is 0 Å². The van der Waals surface area contributed by atoms with Crippen LogP contribution in [0.2, 0.25) is 0 Å². The Morgan fingerprint density at radius 3 is 2.82 bits per heavy atom. The first-order chi connectivity index (χ1) is 8.01. The van der Waals surface area contributed by atoms with Gasteiger partial charge < -0.3 is 5.11 Å². The average Bonchev–Trinajstić information content (AvgIpc) is 2.29. The quantitative estimate of drug-likeness (QED) is 0.826. The van der Waals surface area contributed by atoms with E-state index < -0.39 is 5.60 Å². The van der Waals surface area contributed by atoms with Crippen LogP contribution in [0.3, 0.4) is 0 Å². The Hall–Kier alpha value is -0.890. The van der Waals surface area contributed by atoms with Crippen molar-refractivity contribution in [1.82, 2.24) is 0 Å². The van der Waals surface area contributed by atoms with Crippen LogP contribution in [0.4, 0.5) is 4.39 Å². The number of halogens is 1. The summed E-state index contributed by atoms with van der Waals surface area (Å²) in [5.74, 6) is 0.856. The molecule has 0 spiro atoms. The molecule has 17 heavy (non-hydrogen) atoms. The fourth-order valence-corrected chi connectivity index (χ4v) is 2.90. The fourth-order valence-electron chi connectivity index (χ4n) is 2.90. The average molecular weight is 236 g/mol. The maximum absolute atomic E-state index is 13.2. The Morgan fingerprint density at radius 1 is 1.41 bits per heavy atom. The lowest BCUT2D eigenvalue weighted by Crippen LogP contribution is -2.34. The molecule has 1 aliphatic carbocycles. The van der Waals surface area contributed by atoms with Crippen LogP contribution in [0, 0.1) is 17.7 Å². The molecule has 1 aliphatic rings. The Morgan fingerprint density at radius 2 is 2.18 bits per heavy atom. The molecular weight excluding hydrogens is 215 g/mol. The number of hydrogen-bond donors (Lipinski definition) is 1. The van der Waals surface area contributed by atoms with E-state index in [2.05, 4.69) is 13.8 Å². The second-order valence-corrected chi connectivity index (χ2v) is 5.64. The first-order valence-corrected chi connectivity index (χ1v) is 6.50. The van der Waals surface area contributed by atoms with E-state index in [0.29, 0.717) is 11.8 Å². The van der Waals surface area contributed by atoms with Crippen LogP contribution in [-0.2, 0) is 5.60 Å². The van der Waals surface area contributed by atoms with Gasteiger partial charge in [-0.3, -0.25) is 0 Å². The molecule has 1 N–H and O–H groups in total. The van der Waals surface area contributed by atoms with Gasteiger partial charge in [0.1, 0.15) is 5.82 Å². The number of aliphatic hydroxyl groups is 1. The molecule has 0 amide bonds. The lowest BCUT2D eigenvalue weighted by atomic mass is 9.71. The summed E-state index contributed by atoms with van der Waals surface area (Å²) in [5, 5.41) is 10.7. The van der Waals surface area contributed by atoms with Crippen molar-refractivity contribution < 1.29 is 9.50 Å². The minimum Gasteiger partial charge on any atom is -0.385 e. The molecule has 0 saturated heterocycles. The molecule has 1 aromatic carbocycles. The first kappa shape index (κ1) is 12.6. The van der Waals surface area contributed by atoms with Crippen LogP contribution in [0.25, 0.3) is 0 Å². The van der Waals surface area contributed by atoms with Gasteiger partial charge >= 0.3 is 0 Å². The highest BCUT2D eigenvalue weighted by Crippen LogP contribution is 2.42. The number of rotatable bonds is 2. The predicted octanol–water partition coefficient (Wildman–Crippen LogP) is 3.86. The molecule has 0 radical (unpaired) electrons. The Balaban J connectivity index is 2.23. The van der Waals surface area contributed by atoms with Gasteiger partial charge in [0.15, 0.2) is 0 Å². The Kier molecular flexibility index (Phi) is 3.53. The molecule has 2 heteroatoms. The normalized spacial score (nSPS) is 29.6. The molecule has 0 aliphatic heterocycles. The van der Waals surface area contributed by atoms with Crippen molar-refractivity contribution in [3.05, 3.63) is 35.6 Å². The monoisotopic (exact) mass is 236 g/mol. The van der Waals surface area contributed by atoms with E-state index >= 15 is 0 Å². The summed E-state index contributed by atoms with van der Waals surface area (Å²) >= 11 is 0. The standard InChI is InChI=1S/C15H21FO/c1-11(2)12-5-4-8-15(17,10-12)13-6-3-7-14(16)9-13/h3,6-7,9,11-12,17H,4-5,8,10H2,1-2H3. The van der Waals surface area contributed by atoms with Gasteiger partial charge in [0.05, 0.1) is 5.60 Å². The minimum absolute atomic E-state index is 0.261. The van der Waals surface area contributed by atoms with Crippen LogP contribution >= 0.6 is 0 Å². The van der Waals surface area contributed by atoms with Crippen molar-refractivity contribution in [2.75, 3.05) is 0 Å². The van der Waals surface area contributed by atoms with E-state index in [4.69, 9.17) is 0 Å². The third-order valence-corrected chi connectivity index (χ3v) is 4.07. The molecule has 1 aromatic rings. The van der Waals surface area contributed by atoms with E-state index in [1.165, 1.54) is 18.6 Å². The van der Waals surface area contributed by atoms with Crippen molar-refractivity contribution in [2.24, 2.45) is 11.8 Å². The highest BCUT2D eigenvalue weighted by molar-refractivity contribution is 5.24. The summed E-state index contributed by atoms with van der Waals surface area (Å²) in [6, 6.07) is 6.42. The van der Waals surface area contributed by atoms with Crippen molar-refractivity contribution in [3.8, 4) is 0 Å². The van der Waals surface area contributed by atoms with Crippen LogP contribution in [0.15, 0.2) is 24.3 Å². The maximum Gasteiger partial charge on any atom is 0.123 e. The fraction of sp³-hybridized carbons (Fsp3) is 0.600. The lowest BCUT2D eigenvalue weighted by molar-refractivity contribution is -0.0297. The zero-order valence-corrected chi connectivity index (χ0v) is 10.6. The van der Waals surface area contributed by atoms with E-state index in [1.807, 2.05) is 6.07 Å². The Bertz CT molecular complexity index is 388. The summed E-state index contributed by atoms with van der Waals surface area (Å²) in [6.45, 7) is 4.39. The zero-order chi connectivity index (χ0) is 12.5. The van der Waals surface area contributed by atoms with E-state index in [9.17, 15) is 9.50 Å². The number of benzene rings is 1. The molecule has 1 fully saturated rings.